The van der Waals surface area contributed by atoms with E-state index in [-0.39, 0.29) is 0 Å². The van der Waals surface area contributed by atoms with Crippen LogP contribution in [0.15, 0.2) is 0 Å². The predicted octanol–water partition coefficient (Wildman–Crippen LogP) is -0.0296. The van der Waals surface area contributed by atoms with Crippen molar-refractivity contribution in [1.29, 1.82) is 0 Å². The standard InChI is InChI=1S/C14H28N4/c1-17-9-3-5-15-8-12-18(2)10-4-6-16(7-11-17)14(18)13(15)17/h13-14H,3-12H2,1-2H3/q+2/t13-,14-,17-,18-/m1/s1. The number of rotatable bonds is 0. The Morgan fingerprint density at radius 2 is 1.11 bits per heavy atom. The molecule has 4 nitrogen and oxygen atoms in total. The lowest BCUT2D eigenvalue weighted by Crippen LogP contribution is -2.86. The minimum atomic E-state index is 0.784. The molecule has 4 atom stereocenters. The second-order valence-corrected chi connectivity index (χ2v) is 7.46. The van der Waals surface area contributed by atoms with E-state index in [0.717, 1.165) is 12.3 Å². The molecule has 4 aliphatic rings. The molecule has 4 aliphatic heterocycles. The highest BCUT2D eigenvalue weighted by Crippen LogP contribution is 2.39. The van der Waals surface area contributed by atoms with Gasteiger partial charge < -0.3 is 8.97 Å². The van der Waals surface area contributed by atoms with Crippen molar-refractivity contribution in [3.05, 3.63) is 0 Å². The van der Waals surface area contributed by atoms with Crippen LogP contribution in [0.4, 0.5) is 0 Å². The maximum absolute atomic E-state index is 2.83. The molecule has 4 heterocycles. The van der Waals surface area contributed by atoms with Gasteiger partial charge in [0.2, 0.25) is 12.3 Å². The minimum absolute atomic E-state index is 0.784. The first-order valence-corrected chi connectivity index (χ1v) is 7.79. The third-order valence-electron chi connectivity index (χ3n) is 6.32. The number of nitrogens with zero attached hydrogens (tertiary/aromatic N) is 4. The molecule has 0 aromatic carbocycles. The Kier molecular flexibility index (Phi) is 2.39. The fourth-order valence-corrected chi connectivity index (χ4v) is 5.30. The van der Waals surface area contributed by atoms with E-state index < -0.39 is 0 Å². The van der Waals surface area contributed by atoms with Gasteiger partial charge in [-0.3, -0.25) is 0 Å². The smallest absolute Gasteiger partial charge is 0.213 e. The van der Waals surface area contributed by atoms with Gasteiger partial charge >= 0.3 is 0 Å². The first kappa shape index (κ1) is 11.6. The van der Waals surface area contributed by atoms with Gasteiger partial charge in [0.15, 0.2) is 0 Å². The van der Waals surface area contributed by atoms with E-state index in [9.17, 15) is 0 Å². The molecular weight excluding hydrogens is 224 g/mol. The van der Waals surface area contributed by atoms with E-state index in [0.29, 0.717) is 0 Å². The van der Waals surface area contributed by atoms with E-state index in [4.69, 9.17) is 0 Å². The zero-order valence-electron chi connectivity index (χ0n) is 12.0. The molecule has 18 heavy (non-hydrogen) atoms. The highest BCUT2D eigenvalue weighted by molar-refractivity contribution is 4.87. The SMILES string of the molecule is C[N@@+]12CCCN3CC[N@@+]4(C)CCCN(CC1)[C@H]4[C@H]32. The van der Waals surface area contributed by atoms with Crippen LogP contribution in [-0.4, -0.2) is 97.6 Å². The summed E-state index contributed by atoms with van der Waals surface area (Å²) in [4.78, 5) is 5.65. The van der Waals surface area contributed by atoms with Crippen LogP contribution < -0.4 is 0 Å². The van der Waals surface area contributed by atoms with Gasteiger partial charge in [0.1, 0.15) is 0 Å². The third-order valence-corrected chi connectivity index (χ3v) is 6.32. The van der Waals surface area contributed by atoms with Crippen LogP contribution in [0.3, 0.4) is 0 Å². The molecule has 0 spiro atoms. The molecule has 0 N–H and O–H groups in total. The molecule has 4 fully saturated rings. The molecule has 0 amide bonds. The Balaban J connectivity index is 1.76. The van der Waals surface area contributed by atoms with Crippen LogP contribution in [0.5, 0.6) is 0 Å². The van der Waals surface area contributed by atoms with Crippen molar-refractivity contribution in [3.63, 3.8) is 0 Å². The normalized spacial score (nSPS) is 53.0. The molecule has 0 aromatic rings. The van der Waals surface area contributed by atoms with Crippen LogP contribution in [0.2, 0.25) is 0 Å². The highest BCUT2D eigenvalue weighted by Gasteiger charge is 2.61. The zero-order valence-corrected chi connectivity index (χ0v) is 12.0. The Morgan fingerprint density at radius 1 is 0.667 bits per heavy atom. The summed E-state index contributed by atoms with van der Waals surface area (Å²) >= 11 is 0. The highest BCUT2D eigenvalue weighted by atomic mass is 15.6. The summed E-state index contributed by atoms with van der Waals surface area (Å²) in [5.74, 6) is 0. The van der Waals surface area contributed by atoms with Gasteiger partial charge in [0.25, 0.3) is 0 Å². The van der Waals surface area contributed by atoms with E-state index in [2.05, 4.69) is 23.9 Å². The number of hydrogen-bond donors (Lipinski definition) is 0. The van der Waals surface area contributed by atoms with Crippen LogP contribution >= 0.6 is 0 Å². The number of hydrogen-bond acceptors (Lipinski definition) is 2. The Hall–Kier alpha value is -0.160. The van der Waals surface area contributed by atoms with E-state index in [1.165, 1.54) is 74.2 Å². The van der Waals surface area contributed by atoms with Gasteiger partial charge in [-0.25, -0.2) is 9.80 Å². The van der Waals surface area contributed by atoms with E-state index in [1.54, 1.807) is 0 Å². The van der Waals surface area contributed by atoms with Crippen molar-refractivity contribution >= 4 is 0 Å². The lowest BCUT2D eigenvalue weighted by molar-refractivity contribution is -1.04. The summed E-state index contributed by atoms with van der Waals surface area (Å²) in [7, 11) is 5.05. The summed E-state index contributed by atoms with van der Waals surface area (Å²) in [6, 6.07) is 0. The molecule has 0 aromatic heterocycles. The van der Waals surface area contributed by atoms with Gasteiger partial charge in [0, 0.05) is 25.9 Å². The average molecular weight is 252 g/mol. The van der Waals surface area contributed by atoms with Crippen molar-refractivity contribution in [2.45, 2.75) is 25.2 Å². The molecule has 0 saturated carbocycles. The summed E-state index contributed by atoms with van der Waals surface area (Å²) < 4.78 is 2.66. The third kappa shape index (κ3) is 1.40. The van der Waals surface area contributed by atoms with Gasteiger partial charge in [-0.15, -0.1) is 0 Å². The van der Waals surface area contributed by atoms with Crippen LogP contribution in [-0.2, 0) is 0 Å². The average Bonchev–Trinajstić information content (AvgIpc) is 2.36. The molecule has 0 aliphatic carbocycles. The summed E-state index contributed by atoms with van der Waals surface area (Å²) in [6.45, 7) is 10.9. The molecule has 4 rings (SSSR count). The lowest BCUT2D eigenvalue weighted by atomic mass is 9.96. The van der Waals surface area contributed by atoms with E-state index >= 15 is 0 Å². The van der Waals surface area contributed by atoms with Crippen LogP contribution in [0.25, 0.3) is 0 Å². The number of likely N-dealkylation sites (N-methyl/N-ethyl adjacent to an activating group) is 2. The molecule has 4 heteroatoms. The quantitative estimate of drug-likeness (QED) is 0.559. The van der Waals surface area contributed by atoms with Crippen LogP contribution in [0.1, 0.15) is 12.8 Å². The monoisotopic (exact) mass is 252 g/mol. The van der Waals surface area contributed by atoms with Gasteiger partial charge in [-0.1, -0.05) is 0 Å². The van der Waals surface area contributed by atoms with Crippen molar-refractivity contribution in [3.8, 4) is 0 Å². The minimum Gasteiger partial charge on any atom is -0.304 e. The molecule has 4 saturated heterocycles. The molecule has 0 unspecified atom stereocenters. The first-order chi connectivity index (χ1) is 8.62. The predicted molar refractivity (Wildman–Crippen MR) is 71.8 cm³/mol. The Bertz CT molecular complexity index is 326. The summed E-state index contributed by atoms with van der Waals surface area (Å²) in [5.41, 5.74) is 0. The molecule has 0 radical (unpaired) electrons. The van der Waals surface area contributed by atoms with Gasteiger partial charge in [0.05, 0.1) is 53.4 Å². The van der Waals surface area contributed by atoms with Crippen molar-refractivity contribution < 1.29 is 8.97 Å². The molecular formula is C14H28N4+2. The Morgan fingerprint density at radius 3 is 1.56 bits per heavy atom. The van der Waals surface area contributed by atoms with Crippen molar-refractivity contribution in [1.82, 2.24) is 9.80 Å². The topological polar surface area (TPSA) is 6.48 Å². The molecule has 0 bridgehead atoms. The van der Waals surface area contributed by atoms with Crippen molar-refractivity contribution in [2.24, 2.45) is 0 Å². The van der Waals surface area contributed by atoms with Crippen LogP contribution in [0, 0.1) is 0 Å². The number of quaternary nitrogens is 2. The maximum Gasteiger partial charge on any atom is 0.213 e. The zero-order chi connectivity index (χ0) is 12.4. The second kappa shape index (κ2) is 3.69. The number of piperazine rings is 2. The second-order valence-electron chi connectivity index (χ2n) is 7.46. The fraction of sp³-hybridized carbons (Fsp3) is 1.00. The van der Waals surface area contributed by atoms with Gasteiger partial charge in [-0.05, 0) is 0 Å². The van der Waals surface area contributed by atoms with Crippen molar-refractivity contribution in [2.75, 3.05) is 66.5 Å². The lowest BCUT2D eigenvalue weighted by Gasteiger charge is -2.65. The van der Waals surface area contributed by atoms with E-state index in [1.807, 2.05) is 0 Å². The molecule has 102 valence electrons. The summed E-state index contributed by atoms with van der Waals surface area (Å²) in [5, 5.41) is 0. The first-order valence-electron chi connectivity index (χ1n) is 7.79. The maximum atomic E-state index is 2.83. The largest absolute Gasteiger partial charge is 0.304 e. The Labute approximate surface area is 111 Å². The summed E-state index contributed by atoms with van der Waals surface area (Å²) in [6.07, 6.45) is 4.38. The fourth-order valence-electron chi connectivity index (χ4n) is 5.30. The van der Waals surface area contributed by atoms with Gasteiger partial charge in [-0.2, -0.15) is 0 Å².